The lowest BCUT2D eigenvalue weighted by molar-refractivity contribution is -0.161. The summed E-state index contributed by atoms with van der Waals surface area (Å²) in [5.74, 6) is -2.85. The van der Waals surface area contributed by atoms with E-state index in [2.05, 4.69) is 13.2 Å². The van der Waals surface area contributed by atoms with Crippen LogP contribution in [0.3, 0.4) is 0 Å². The van der Waals surface area contributed by atoms with Crippen molar-refractivity contribution in [1.82, 2.24) is 9.80 Å². The topological polar surface area (TPSA) is 79.0 Å². The van der Waals surface area contributed by atoms with Crippen LogP contribution in [-0.4, -0.2) is 61.5 Å². The van der Waals surface area contributed by atoms with E-state index in [-0.39, 0.29) is 19.4 Å². The normalized spacial score (nSPS) is 22.6. The minimum Gasteiger partial charge on any atom is -0.435 e. The van der Waals surface area contributed by atoms with Gasteiger partial charge in [0, 0.05) is 24.2 Å². The van der Waals surface area contributed by atoms with Crippen LogP contribution in [0.2, 0.25) is 0 Å². The molecule has 7 nitrogen and oxygen atoms in total. The number of hydrogen-bond donors (Lipinski definition) is 1. The molecule has 1 aliphatic heterocycles. The number of carbonyl (C=O) groups excluding carboxylic acids is 3. The number of rotatable bonds is 6. The van der Waals surface area contributed by atoms with E-state index in [1.54, 1.807) is 25.1 Å². The minimum absolute atomic E-state index is 0. The van der Waals surface area contributed by atoms with Gasteiger partial charge in [-0.25, -0.2) is 14.1 Å². The molecule has 2 aliphatic carbocycles. The lowest BCUT2D eigenvalue weighted by Gasteiger charge is -2.26. The Bertz CT molecular complexity index is 1200. The van der Waals surface area contributed by atoms with Crippen molar-refractivity contribution in [2.24, 2.45) is 5.92 Å². The molecule has 2 atom stereocenters. The molecule has 3 amide bonds. The Hall–Kier alpha value is -3.57. The Kier molecular flexibility index (Phi) is 7.90. The number of benzene rings is 1. The van der Waals surface area contributed by atoms with Crippen molar-refractivity contribution >= 4 is 31.6 Å². The number of fused-ring (bicyclic) bond motifs is 2. The third-order valence-electron chi connectivity index (χ3n) is 6.31. The number of allylic oxidation sites excluding steroid dienone is 4. The van der Waals surface area contributed by atoms with E-state index in [1.165, 1.54) is 18.2 Å². The van der Waals surface area contributed by atoms with Gasteiger partial charge < -0.3 is 14.9 Å². The molecule has 1 aromatic rings. The molecular formula is C25H27BF4N3O4. The van der Waals surface area contributed by atoms with Gasteiger partial charge in [0.25, 0.3) is 5.91 Å². The average molecular weight is 520 g/mol. The number of alkyl halides is 3. The molecule has 0 saturated carbocycles. The third kappa shape index (κ3) is 5.73. The van der Waals surface area contributed by atoms with Gasteiger partial charge in [-0.1, -0.05) is 32.6 Å². The number of imide groups is 1. The number of nitrogens with zero attached hydrogens (tertiary/aromatic N) is 2. The zero-order valence-corrected chi connectivity index (χ0v) is 19.4. The first kappa shape index (κ1) is 28.0. The number of halogens is 4. The Labute approximate surface area is 213 Å². The second kappa shape index (κ2) is 10.4. The first-order chi connectivity index (χ1) is 16.9. The van der Waals surface area contributed by atoms with E-state index in [0.717, 1.165) is 11.6 Å². The number of amides is 3. The second-order valence-corrected chi connectivity index (χ2v) is 8.99. The molecule has 37 heavy (non-hydrogen) atoms. The zero-order chi connectivity index (χ0) is 26.3. The van der Waals surface area contributed by atoms with Gasteiger partial charge in [-0.2, -0.15) is 13.2 Å². The number of carbonyl (C=O) groups is 3. The molecule has 4 rings (SSSR count). The van der Waals surface area contributed by atoms with Gasteiger partial charge in [0.1, 0.15) is 18.9 Å². The highest BCUT2D eigenvalue weighted by molar-refractivity contribution is 6.16. The molecule has 0 bridgehead atoms. The smallest absolute Gasteiger partial charge is 0.418 e. The third-order valence-corrected chi connectivity index (χ3v) is 6.31. The summed E-state index contributed by atoms with van der Waals surface area (Å²) in [4.78, 5) is 40.0. The molecule has 1 fully saturated rings. The van der Waals surface area contributed by atoms with Crippen LogP contribution in [0.1, 0.15) is 31.9 Å². The van der Waals surface area contributed by atoms with Crippen molar-refractivity contribution in [2.45, 2.75) is 39.0 Å². The molecule has 1 heterocycles. The van der Waals surface area contributed by atoms with Gasteiger partial charge in [0.05, 0.1) is 0 Å². The van der Waals surface area contributed by atoms with Gasteiger partial charge in [-0.3, -0.25) is 9.59 Å². The minimum atomic E-state index is -4.74. The summed E-state index contributed by atoms with van der Waals surface area (Å²) in [5, 5.41) is 2.74. The predicted octanol–water partition coefficient (Wildman–Crippen LogP) is 4.05. The number of ether oxygens (including phenoxy) is 1. The summed E-state index contributed by atoms with van der Waals surface area (Å²) in [7, 11) is 3.58. The summed E-state index contributed by atoms with van der Waals surface area (Å²) in [6.07, 6.45) is -0.0402. The highest BCUT2D eigenvalue weighted by atomic mass is 19.4. The van der Waals surface area contributed by atoms with Crippen molar-refractivity contribution in [1.29, 1.82) is 0 Å². The number of hydrogen-bond acceptors (Lipinski definition) is 5. The van der Waals surface area contributed by atoms with Crippen molar-refractivity contribution in [3.63, 3.8) is 0 Å². The molecule has 1 radical (unpaired) electrons. The molecule has 1 N–H and O–H groups in total. The van der Waals surface area contributed by atoms with Crippen LogP contribution in [0.25, 0.3) is 0 Å². The summed E-state index contributed by atoms with van der Waals surface area (Å²) >= 11 is 0. The van der Waals surface area contributed by atoms with E-state index < -0.39 is 61.1 Å². The fraction of sp³-hybridized carbons (Fsp3) is 0.400. The molecule has 1 saturated heterocycles. The van der Waals surface area contributed by atoms with Gasteiger partial charge in [-0.15, -0.1) is 0 Å². The maximum Gasteiger partial charge on any atom is 0.418 e. The summed E-state index contributed by atoms with van der Waals surface area (Å²) < 4.78 is 59.0. The molecule has 3 aliphatic rings. The Balaban J connectivity index is 0.00000380. The Morgan fingerprint density at radius 2 is 2.00 bits per heavy atom. The maximum absolute atomic E-state index is 13.7. The van der Waals surface area contributed by atoms with Crippen LogP contribution in [0.4, 0.5) is 28.0 Å². The van der Waals surface area contributed by atoms with E-state index >= 15 is 0 Å². The highest BCUT2D eigenvalue weighted by Crippen LogP contribution is 2.46. The molecule has 2 unspecified atom stereocenters. The number of anilines is 1. The zero-order valence-electron chi connectivity index (χ0n) is 19.4. The first-order valence-electron chi connectivity index (χ1n) is 11.2. The Morgan fingerprint density at radius 3 is 2.68 bits per heavy atom. The van der Waals surface area contributed by atoms with Crippen LogP contribution < -0.4 is 5.23 Å². The highest BCUT2D eigenvalue weighted by Gasteiger charge is 2.58. The van der Waals surface area contributed by atoms with Crippen LogP contribution in [0, 0.1) is 5.92 Å². The van der Waals surface area contributed by atoms with Gasteiger partial charge in [0.2, 0.25) is 19.5 Å². The molecule has 197 valence electrons. The summed E-state index contributed by atoms with van der Waals surface area (Å²) in [6.45, 7) is -1.35. The van der Waals surface area contributed by atoms with Crippen molar-refractivity contribution in [2.75, 3.05) is 24.9 Å². The molecule has 1 spiro atoms. The van der Waals surface area contributed by atoms with Crippen LogP contribution >= 0.6 is 0 Å². The quantitative estimate of drug-likeness (QED) is 0.453. The van der Waals surface area contributed by atoms with E-state index in [9.17, 15) is 31.9 Å². The summed E-state index contributed by atoms with van der Waals surface area (Å²) in [6, 6.07) is 5.05. The second-order valence-electron chi connectivity index (χ2n) is 8.99. The molecule has 1 aromatic carbocycles. The predicted molar refractivity (Wildman–Crippen MR) is 130 cm³/mol. The van der Waals surface area contributed by atoms with Gasteiger partial charge in [-0.05, 0) is 47.8 Å². The molecule has 0 aromatic heterocycles. The maximum atomic E-state index is 13.7. The molecule has 12 heteroatoms. The van der Waals surface area contributed by atoms with E-state index in [4.69, 9.17) is 4.74 Å². The van der Waals surface area contributed by atoms with Gasteiger partial charge >= 0.3 is 12.3 Å². The average Bonchev–Trinajstić information content (AvgIpc) is 3.21. The lowest BCUT2D eigenvalue weighted by Crippen LogP contribution is -2.47. The van der Waals surface area contributed by atoms with E-state index in [0.29, 0.717) is 27.5 Å². The van der Waals surface area contributed by atoms with Crippen LogP contribution in [0.15, 0.2) is 53.9 Å². The largest absolute Gasteiger partial charge is 0.435 e. The Morgan fingerprint density at radius 1 is 1.27 bits per heavy atom. The molecular weight excluding hydrogens is 493 g/mol. The van der Waals surface area contributed by atoms with Crippen molar-refractivity contribution in [3.8, 4) is 0 Å². The SMILES string of the molecule is C.[BH]Nc1ccc2c(c1)CCC21OC(=O)N(CC(=O)N(CC2=CC(C)C=C(F)C=C2)CC(F)(F)F)C1=O. The standard InChI is InChI=1S/C24H23BF4N3O4.CH4/c1-14-8-15(2-3-17(26)9-14)11-31(13-24(27,28)29)20(33)12-32-21(34)23(36-22(32)35)7-6-16-10-18(30-25)4-5-19(16)23;/h2-5,8-10,14,25,30H,6-7,11-13H2,1H3;1H4. The fourth-order valence-corrected chi connectivity index (χ4v) is 4.71. The van der Waals surface area contributed by atoms with Crippen LogP contribution in [0.5, 0.6) is 0 Å². The first-order valence-corrected chi connectivity index (χ1v) is 11.2. The monoisotopic (exact) mass is 520 g/mol. The van der Waals surface area contributed by atoms with Crippen molar-refractivity contribution < 1.29 is 36.7 Å². The number of nitrogens with one attached hydrogen (secondary N) is 1. The summed E-state index contributed by atoms with van der Waals surface area (Å²) in [5.41, 5.74) is 0.601. The lowest BCUT2D eigenvalue weighted by atomic mass is 9.94. The number of aryl methyl sites for hydroxylation is 1. The van der Waals surface area contributed by atoms with Gasteiger partial charge in [0.15, 0.2) is 0 Å². The van der Waals surface area contributed by atoms with Crippen molar-refractivity contribution in [3.05, 3.63) is 65.0 Å². The van der Waals surface area contributed by atoms with Crippen LogP contribution in [-0.2, 0) is 26.3 Å². The van der Waals surface area contributed by atoms with E-state index in [1.807, 2.05) is 0 Å². The fourth-order valence-electron chi connectivity index (χ4n) is 4.71.